The second kappa shape index (κ2) is 2.99. The van der Waals surface area contributed by atoms with E-state index in [2.05, 4.69) is 0 Å². The van der Waals surface area contributed by atoms with Crippen molar-refractivity contribution in [1.82, 2.24) is 4.90 Å². The third-order valence-corrected chi connectivity index (χ3v) is 3.54. The highest BCUT2D eigenvalue weighted by atomic mass is 32.2. The summed E-state index contributed by atoms with van der Waals surface area (Å²) in [7, 11) is 0. The number of thioether (sulfide) groups is 1. The number of hydrogen-bond acceptors (Lipinski definition) is 4. The summed E-state index contributed by atoms with van der Waals surface area (Å²) in [4.78, 5) is 23.4. The maximum atomic E-state index is 11.4. The van der Waals surface area contributed by atoms with Crippen LogP contribution < -0.4 is 0 Å². The molecule has 2 N–H and O–H groups in total. The van der Waals surface area contributed by atoms with E-state index in [1.54, 1.807) is 6.92 Å². The molecule has 5 nitrogen and oxygen atoms in total. The molecule has 0 aromatic rings. The second-order valence-electron chi connectivity index (χ2n) is 3.31. The van der Waals surface area contributed by atoms with E-state index in [9.17, 15) is 14.7 Å². The third kappa shape index (κ3) is 1.07. The van der Waals surface area contributed by atoms with Crippen LogP contribution in [-0.4, -0.2) is 38.5 Å². The second-order valence-corrected chi connectivity index (χ2v) is 4.30. The summed E-state index contributed by atoms with van der Waals surface area (Å²) in [6, 6.07) is 0. The summed E-state index contributed by atoms with van der Waals surface area (Å²) < 4.78 is 0. The van der Waals surface area contributed by atoms with Crippen LogP contribution in [0.15, 0.2) is 11.1 Å². The Kier molecular flexibility index (Phi) is 2.04. The fourth-order valence-corrected chi connectivity index (χ4v) is 3.01. The Morgan fingerprint density at radius 2 is 2.36 bits per heavy atom. The molecule has 76 valence electrons. The molecule has 0 radical (unpaired) electrons. The van der Waals surface area contributed by atoms with E-state index in [4.69, 9.17) is 5.11 Å². The summed E-state index contributed by atoms with van der Waals surface area (Å²) in [6.07, 6.45) is -0.724. The number of hydrogen-bond donors (Lipinski definition) is 2. The number of rotatable bonds is 2. The van der Waals surface area contributed by atoms with Gasteiger partial charge in [0.2, 0.25) is 5.91 Å². The molecule has 2 aliphatic heterocycles. The topological polar surface area (TPSA) is 77.8 Å². The normalized spacial score (nSPS) is 32.0. The van der Waals surface area contributed by atoms with Gasteiger partial charge in [-0.1, -0.05) is 0 Å². The molecule has 14 heavy (non-hydrogen) atoms. The van der Waals surface area contributed by atoms with E-state index >= 15 is 0 Å². The van der Waals surface area contributed by atoms with Crippen LogP contribution in [0.5, 0.6) is 0 Å². The van der Waals surface area contributed by atoms with Crippen LogP contribution in [0.25, 0.3) is 0 Å². The smallest absolute Gasteiger partial charge is 0.353 e. The molecule has 0 aliphatic carbocycles. The number of carboxylic acid groups (broad SMARTS) is 1. The number of β-lactam (4-membered cyclic amide) rings is 1. The van der Waals surface area contributed by atoms with Gasteiger partial charge in [0.1, 0.15) is 11.1 Å². The number of aliphatic hydroxyl groups excluding tert-OH is 1. The summed E-state index contributed by atoms with van der Waals surface area (Å²) >= 11 is 1.27. The van der Waals surface area contributed by atoms with Crippen molar-refractivity contribution in [3.8, 4) is 0 Å². The number of carbonyl (C=O) groups is 2. The number of nitrogens with zero attached hydrogens (tertiary/aromatic N) is 1. The van der Waals surface area contributed by atoms with Crippen molar-refractivity contribution < 1.29 is 19.8 Å². The Labute approximate surface area is 84.4 Å². The zero-order valence-electron chi connectivity index (χ0n) is 7.38. The molecule has 2 rings (SSSR count). The van der Waals surface area contributed by atoms with E-state index in [1.807, 2.05) is 0 Å². The van der Waals surface area contributed by atoms with Crippen LogP contribution in [0.4, 0.5) is 0 Å². The fourth-order valence-electron chi connectivity index (χ4n) is 1.68. The van der Waals surface area contributed by atoms with Gasteiger partial charge in [-0.2, -0.15) is 0 Å². The maximum Gasteiger partial charge on any atom is 0.353 e. The van der Waals surface area contributed by atoms with E-state index in [0.29, 0.717) is 0 Å². The largest absolute Gasteiger partial charge is 0.477 e. The summed E-state index contributed by atoms with van der Waals surface area (Å²) in [5.41, 5.74) is 0.0156. The average molecular weight is 215 g/mol. The van der Waals surface area contributed by atoms with Crippen molar-refractivity contribution in [3.05, 3.63) is 11.1 Å². The number of aliphatic hydroxyl groups is 1. The van der Waals surface area contributed by atoms with Crippen LogP contribution in [0, 0.1) is 5.92 Å². The standard InChI is InChI=1S/C8H9NO4S/c1-3(10)5-6(11)9-4(8(12)13)2-14-7(5)9/h2-3,5,7,10H,1H3,(H,12,13)/t3?,5?,7-/m1/s1. The highest BCUT2D eigenvalue weighted by Crippen LogP contribution is 2.45. The highest BCUT2D eigenvalue weighted by molar-refractivity contribution is 8.03. The lowest BCUT2D eigenvalue weighted by Crippen LogP contribution is -2.60. The molecular formula is C8H9NO4S. The average Bonchev–Trinajstić information content (AvgIpc) is 2.42. The summed E-state index contributed by atoms with van der Waals surface area (Å²) in [5.74, 6) is -1.87. The molecule has 1 saturated heterocycles. The Balaban J connectivity index is 2.17. The lowest BCUT2D eigenvalue weighted by Gasteiger charge is -2.43. The van der Waals surface area contributed by atoms with Gasteiger partial charge in [0.15, 0.2) is 0 Å². The van der Waals surface area contributed by atoms with Gasteiger partial charge < -0.3 is 10.2 Å². The molecule has 2 aliphatic rings. The van der Waals surface area contributed by atoms with Crippen molar-refractivity contribution in [2.45, 2.75) is 18.4 Å². The molecule has 3 atom stereocenters. The van der Waals surface area contributed by atoms with Crippen molar-refractivity contribution in [1.29, 1.82) is 0 Å². The quantitative estimate of drug-likeness (QED) is 0.625. The molecule has 1 amide bonds. The molecule has 0 spiro atoms. The molecular weight excluding hydrogens is 206 g/mol. The minimum atomic E-state index is -1.10. The van der Waals surface area contributed by atoms with Gasteiger partial charge in [-0.3, -0.25) is 9.69 Å². The first kappa shape index (κ1) is 9.54. The first-order valence-corrected chi connectivity index (χ1v) is 5.08. The Morgan fingerprint density at radius 1 is 1.71 bits per heavy atom. The number of carbonyl (C=O) groups excluding carboxylic acids is 1. The van der Waals surface area contributed by atoms with E-state index in [0.717, 1.165) is 0 Å². The Bertz CT molecular complexity index is 338. The lowest BCUT2D eigenvalue weighted by molar-refractivity contribution is -0.156. The first-order chi connectivity index (χ1) is 6.54. The molecule has 2 heterocycles. The van der Waals surface area contributed by atoms with Crippen LogP contribution in [-0.2, 0) is 9.59 Å². The molecule has 0 aromatic carbocycles. The third-order valence-electron chi connectivity index (χ3n) is 2.40. The van der Waals surface area contributed by atoms with Gasteiger partial charge in [-0.15, -0.1) is 11.8 Å². The number of amides is 1. The van der Waals surface area contributed by atoms with Gasteiger partial charge in [0.05, 0.1) is 12.0 Å². The molecule has 0 saturated carbocycles. The predicted molar refractivity (Wildman–Crippen MR) is 49.1 cm³/mol. The Morgan fingerprint density at radius 3 is 2.86 bits per heavy atom. The summed E-state index contributed by atoms with van der Waals surface area (Å²) in [5, 5.41) is 19.2. The lowest BCUT2D eigenvalue weighted by atomic mass is 9.92. The zero-order chi connectivity index (χ0) is 10.5. The van der Waals surface area contributed by atoms with E-state index < -0.39 is 18.0 Å². The number of aliphatic carboxylic acids is 1. The van der Waals surface area contributed by atoms with Gasteiger partial charge in [0, 0.05) is 5.41 Å². The minimum absolute atomic E-state index is 0.0156. The Hall–Kier alpha value is -1.01. The van der Waals surface area contributed by atoms with Gasteiger partial charge >= 0.3 is 5.97 Å². The fraction of sp³-hybridized carbons (Fsp3) is 0.500. The maximum absolute atomic E-state index is 11.4. The molecule has 1 fully saturated rings. The van der Waals surface area contributed by atoms with Crippen molar-refractivity contribution >= 4 is 23.6 Å². The number of carboxylic acids is 1. The van der Waals surface area contributed by atoms with Crippen molar-refractivity contribution in [2.75, 3.05) is 0 Å². The number of fused-ring (bicyclic) bond motifs is 1. The van der Waals surface area contributed by atoms with Crippen LogP contribution in [0.3, 0.4) is 0 Å². The first-order valence-electron chi connectivity index (χ1n) is 4.14. The highest BCUT2D eigenvalue weighted by Gasteiger charge is 2.55. The van der Waals surface area contributed by atoms with Gasteiger partial charge in [-0.05, 0) is 6.92 Å². The molecule has 0 aromatic heterocycles. The minimum Gasteiger partial charge on any atom is -0.477 e. The molecule has 2 unspecified atom stereocenters. The van der Waals surface area contributed by atoms with Crippen LogP contribution in [0.2, 0.25) is 0 Å². The van der Waals surface area contributed by atoms with Crippen molar-refractivity contribution in [3.63, 3.8) is 0 Å². The van der Waals surface area contributed by atoms with Gasteiger partial charge in [-0.25, -0.2) is 4.79 Å². The zero-order valence-corrected chi connectivity index (χ0v) is 8.19. The van der Waals surface area contributed by atoms with E-state index in [1.165, 1.54) is 22.1 Å². The van der Waals surface area contributed by atoms with E-state index in [-0.39, 0.29) is 17.0 Å². The molecule has 6 heteroatoms. The SMILES string of the molecule is CC(O)C1C(=O)N2C(C(=O)O)=CS[C@H]12. The molecule has 0 bridgehead atoms. The van der Waals surface area contributed by atoms with Gasteiger partial charge in [0.25, 0.3) is 0 Å². The van der Waals surface area contributed by atoms with Crippen LogP contribution >= 0.6 is 11.8 Å². The monoisotopic (exact) mass is 215 g/mol. The van der Waals surface area contributed by atoms with Crippen LogP contribution in [0.1, 0.15) is 6.92 Å². The predicted octanol–water partition coefficient (Wildman–Crippen LogP) is -0.176. The van der Waals surface area contributed by atoms with Crippen molar-refractivity contribution in [2.24, 2.45) is 5.92 Å². The summed E-state index contributed by atoms with van der Waals surface area (Å²) in [6.45, 7) is 1.54.